The van der Waals surface area contributed by atoms with E-state index in [4.69, 9.17) is 4.74 Å². The summed E-state index contributed by atoms with van der Waals surface area (Å²) in [4.78, 5) is 29.6. The van der Waals surface area contributed by atoms with Gasteiger partial charge in [0.05, 0.1) is 23.3 Å². The zero-order valence-corrected chi connectivity index (χ0v) is 21.5. The van der Waals surface area contributed by atoms with E-state index in [1.807, 2.05) is 28.3 Å². The van der Waals surface area contributed by atoms with Gasteiger partial charge >= 0.3 is 12.2 Å². The largest absolute Gasteiger partial charge is 0.491 e. The number of carbonyl (C=O) groups is 1. The third kappa shape index (κ3) is 5.12. The van der Waals surface area contributed by atoms with Crippen LogP contribution < -0.4 is 4.74 Å². The third-order valence-corrected chi connectivity index (χ3v) is 8.03. The molecular formula is C29H30F3N5O2. The van der Waals surface area contributed by atoms with Crippen molar-refractivity contribution in [1.82, 2.24) is 24.8 Å². The summed E-state index contributed by atoms with van der Waals surface area (Å²) in [5, 5.41) is 2.20. The Bertz CT molecular complexity index is 1460. The number of hydrogen-bond donors (Lipinski definition) is 1. The number of ether oxygens (including phenoxy) is 1. The molecule has 204 valence electrons. The quantitative estimate of drug-likeness (QED) is 0.329. The number of nitrogens with zero attached hydrogens (tertiary/aromatic N) is 4. The van der Waals surface area contributed by atoms with Crippen LogP contribution in [-0.2, 0) is 6.18 Å². The van der Waals surface area contributed by atoms with Crippen molar-refractivity contribution in [3.8, 4) is 5.75 Å². The van der Waals surface area contributed by atoms with Crippen LogP contribution in [0.3, 0.4) is 0 Å². The van der Waals surface area contributed by atoms with Crippen molar-refractivity contribution in [2.75, 3.05) is 26.2 Å². The summed E-state index contributed by atoms with van der Waals surface area (Å²) in [6.45, 7) is 2.25. The fourth-order valence-electron chi connectivity index (χ4n) is 5.94. The molecule has 1 aromatic carbocycles. The number of alkyl halides is 3. The van der Waals surface area contributed by atoms with E-state index in [9.17, 15) is 18.0 Å². The van der Waals surface area contributed by atoms with Crippen molar-refractivity contribution in [2.24, 2.45) is 0 Å². The average molecular weight is 538 g/mol. The highest BCUT2D eigenvalue weighted by Gasteiger charge is 2.34. The molecular weight excluding hydrogens is 507 g/mol. The topological polar surface area (TPSA) is 74.4 Å². The maximum absolute atomic E-state index is 13.6. The van der Waals surface area contributed by atoms with Gasteiger partial charge in [-0.05, 0) is 80.0 Å². The third-order valence-electron chi connectivity index (χ3n) is 8.03. The van der Waals surface area contributed by atoms with Gasteiger partial charge in [-0.2, -0.15) is 13.2 Å². The predicted molar refractivity (Wildman–Crippen MR) is 142 cm³/mol. The molecule has 0 radical (unpaired) electrons. The number of aromatic amines is 1. The number of likely N-dealkylation sites (tertiary alicyclic amines) is 2. The van der Waals surface area contributed by atoms with Gasteiger partial charge in [-0.25, -0.2) is 9.78 Å². The molecule has 2 aliphatic heterocycles. The number of pyridine rings is 2. The van der Waals surface area contributed by atoms with Gasteiger partial charge in [-0.3, -0.25) is 4.98 Å². The summed E-state index contributed by atoms with van der Waals surface area (Å²) in [6.07, 6.45) is 5.61. The first kappa shape index (κ1) is 25.5. The molecule has 1 atom stereocenters. The number of H-pyrrole nitrogens is 1. The maximum atomic E-state index is 13.6. The second kappa shape index (κ2) is 10.4. The van der Waals surface area contributed by atoms with E-state index >= 15 is 0 Å². The highest BCUT2D eigenvalue weighted by molar-refractivity contribution is 6.05. The Balaban J connectivity index is 1.11. The summed E-state index contributed by atoms with van der Waals surface area (Å²) in [5.41, 5.74) is 2.27. The zero-order chi connectivity index (χ0) is 27.0. The van der Waals surface area contributed by atoms with Gasteiger partial charge in [-0.1, -0.05) is 0 Å². The van der Waals surface area contributed by atoms with E-state index in [1.165, 1.54) is 17.7 Å². The molecule has 7 nitrogen and oxygen atoms in total. The molecule has 1 unspecified atom stereocenters. The summed E-state index contributed by atoms with van der Waals surface area (Å²) >= 11 is 0. The van der Waals surface area contributed by atoms with Crippen LogP contribution in [0.15, 0.2) is 55.0 Å². The molecule has 4 aromatic rings. The van der Waals surface area contributed by atoms with Crippen molar-refractivity contribution in [3.05, 3.63) is 66.1 Å². The average Bonchev–Trinajstić information content (AvgIpc) is 3.45. The van der Waals surface area contributed by atoms with Gasteiger partial charge < -0.3 is 19.5 Å². The molecule has 0 bridgehead atoms. The van der Waals surface area contributed by atoms with E-state index in [1.54, 1.807) is 6.20 Å². The van der Waals surface area contributed by atoms with Gasteiger partial charge in [0, 0.05) is 42.8 Å². The van der Waals surface area contributed by atoms with Crippen molar-refractivity contribution >= 4 is 28.0 Å². The van der Waals surface area contributed by atoms with Gasteiger partial charge in [0.25, 0.3) is 0 Å². The second-order valence-corrected chi connectivity index (χ2v) is 10.4. The van der Waals surface area contributed by atoms with Crippen molar-refractivity contribution < 1.29 is 22.7 Å². The van der Waals surface area contributed by atoms with E-state index in [-0.39, 0.29) is 18.7 Å². The van der Waals surface area contributed by atoms with Crippen LogP contribution in [0, 0.1) is 0 Å². The minimum absolute atomic E-state index is 0.0194. The standard InChI is InChI=1S/C29H30F3N5O2/c30-29(31,32)20-4-6-22(7-5-20)39-18-21-3-1-2-14-37(21)28(38)36-15-10-19(11-16-36)23-8-12-33-25-17-35-27-24(26(23)25)9-13-34-27/h4-9,12-13,17,19,21H,1-3,10-11,14-16,18H2,(H,34,35). The molecule has 10 heteroatoms. The van der Waals surface area contributed by atoms with E-state index in [0.29, 0.717) is 31.3 Å². The van der Waals surface area contributed by atoms with Gasteiger partial charge in [0.2, 0.25) is 0 Å². The number of rotatable bonds is 4. The molecule has 0 saturated carbocycles. The monoisotopic (exact) mass is 537 g/mol. The van der Waals surface area contributed by atoms with E-state index in [2.05, 4.69) is 21.0 Å². The molecule has 5 heterocycles. The van der Waals surface area contributed by atoms with Crippen LogP contribution in [0.25, 0.3) is 21.9 Å². The van der Waals surface area contributed by atoms with Gasteiger partial charge in [-0.15, -0.1) is 0 Å². The highest BCUT2D eigenvalue weighted by atomic mass is 19.4. The van der Waals surface area contributed by atoms with Crippen LogP contribution in [0.5, 0.6) is 5.75 Å². The number of urea groups is 1. The van der Waals surface area contributed by atoms with Crippen LogP contribution >= 0.6 is 0 Å². The maximum Gasteiger partial charge on any atom is 0.416 e. The number of halogens is 3. The van der Waals surface area contributed by atoms with Crippen LogP contribution in [0.1, 0.15) is 49.1 Å². The molecule has 2 fully saturated rings. The van der Waals surface area contributed by atoms with Crippen LogP contribution in [0.2, 0.25) is 0 Å². The molecule has 3 aromatic heterocycles. The number of aromatic nitrogens is 3. The van der Waals surface area contributed by atoms with Gasteiger partial charge in [0.15, 0.2) is 0 Å². The first-order valence-corrected chi connectivity index (χ1v) is 13.4. The molecule has 2 saturated heterocycles. The lowest BCUT2D eigenvalue weighted by atomic mass is 9.87. The minimum Gasteiger partial charge on any atom is -0.491 e. The first-order valence-electron chi connectivity index (χ1n) is 13.4. The second-order valence-electron chi connectivity index (χ2n) is 10.4. The number of benzene rings is 1. The Hall–Kier alpha value is -3.82. The predicted octanol–water partition coefficient (Wildman–Crippen LogP) is 6.36. The lowest BCUT2D eigenvalue weighted by molar-refractivity contribution is -0.137. The molecule has 2 amide bonds. The lowest BCUT2D eigenvalue weighted by Crippen LogP contribution is -2.53. The summed E-state index contributed by atoms with van der Waals surface area (Å²) in [7, 11) is 0. The van der Waals surface area contributed by atoms with Crippen LogP contribution in [-0.4, -0.2) is 63.1 Å². The Kier molecular flexibility index (Phi) is 6.78. The minimum atomic E-state index is -4.38. The Morgan fingerprint density at radius 3 is 2.56 bits per heavy atom. The van der Waals surface area contributed by atoms with Crippen molar-refractivity contribution in [3.63, 3.8) is 0 Å². The Morgan fingerprint density at radius 1 is 1.00 bits per heavy atom. The fourth-order valence-corrected chi connectivity index (χ4v) is 5.94. The SMILES string of the molecule is O=C(N1CCC(c2ccnc3cnc4[nH]ccc4c23)CC1)N1CCCCC1COc1ccc(C(F)(F)F)cc1. The number of carbonyl (C=O) groups excluding carboxylic acids is 1. The summed E-state index contributed by atoms with van der Waals surface area (Å²) in [5.74, 6) is 0.693. The van der Waals surface area contributed by atoms with Gasteiger partial charge in [0.1, 0.15) is 18.0 Å². The number of nitrogens with one attached hydrogen (secondary N) is 1. The molecule has 6 rings (SSSR count). The summed E-state index contributed by atoms with van der Waals surface area (Å²) < 4.78 is 44.4. The first-order chi connectivity index (χ1) is 18.9. The van der Waals surface area contributed by atoms with Crippen molar-refractivity contribution in [2.45, 2.75) is 50.2 Å². The Labute approximate surface area is 224 Å². The molecule has 39 heavy (non-hydrogen) atoms. The number of piperidine rings is 2. The summed E-state index contributed by atoms with van der Waals surface area (Å²) in [6, 6.07) is 8.76. The molecule has 2 aliphatic rings. The number of hydrogen-bond acceptors (Lipinski definition) is 4. The number of fused-ring (bicyclic) bond motifs is 3. The number of amides is 2. The molecule has 0 spiro atoms. The molecule has 1 N–H and O–H groups in total. The zero-order valence-electron chi connectivity index (χ0n) is 21.5. The Morgan fingerprint density at radius 2 is 1.79 bits per heavy atom. The molecule has 0 aliphatic carbocycles. The van der Waals surface area contributed by atoms with Crippen LogP contribution in [0.4, 0.5) is 18.0 Å². The fraction of sp³-hybridized carbons (Fsp3) is 0.414. The normalized spacial score (nSPS) is 19.1. The van der Waals surface area contributed by atoms with E-state index in [0.717, 1.165) is 66.2 Å². The van der Waals surface area contributed by atoms with Crippen molar-refractivity contribution in [1.29, 1.82) is 0 Å². The van der Waals surface area contributed by atoms with E-state index < -0.39 is 11.7 Å². The highest BCUT2D eigenvalue weighted by Crippen LogP contribution is 2.36. The smallest absolute Gasteiger partial charge is 0.416 e. The lowest BCUT2D eigenvalue weighted by Gasteiger charge is -2.41.